The van der Waals surface area contributed by atoms with Crippen molar-refractivity contribution in [3.63, 3.8) is 0 Å². The number of benzene rings is 1. The molecule has 5 heteroatoms. The van der Waals surface area contributed by atoms with Gasteiger partial charge in [-0.05, 0) is 30.7 Å². The van der Waals surface area contributed by atoms with E-state index in [1.807, 2.05) is 6.92 Å². The first-order valence-electron chi connectivity index (χ1n) is 5.09. The van der Waals surface area contributed by atoms with Crippen LogP contribution < -0.4 is 4.74 Å². The number of fused-ring (bicyclic) bond motifs is 3. The molecule has 0 amide bonds. The van der Waals surface area contributed by atoms with Gasteiger partial charge in [-0.1, -0.05) is 0 Å². The molecule has 1 unspecified atom stereocenters. The number of allylic oxidation sites excluding steroid dienone is 1. The number of aliphatic hydroxyl groups excluding tert-OH is 1. The zero-order chi connectivity index (χ0) is 12.2. The van der Waals surface area contributed by atoms with E-state index in [4.69, 9.17) is 9.15 Å². The summed E-state index contributed by atoms with van der Waals surface area (Å²) in [6.07, 6.45) is 0.486. The van der Waals surface area contributed by atoms with Gasteiger partial charge in [0.1, 0.15) is 0 Å². The molecule has 1 atom stereocenters. The summed E-state index contributed by atoms with van der Waals surface area (Å²) < 4.78 is 10.4. The number of phenolic OH excluding ortho intramolecular Hbond substituents is 2. The molecule has 0 radical (unpaired) electrons. The second-order valence-electron chi connectivity index (χ2n) is 3.93. The Labute approximate surface area is 96.2 Å². The van der Waals surface area contributed by atoms with E-state index in [2.05, 4.69) is 0 Å². The van der Waals surface area contributed by atoms with Crippen molar-refractivity contribution in [1.29, 1.82) is 0 Å². The number of ether oxygens (including phenoxy) is 1. The maximum Gasteiger partial charge on any atom is 0.296 e. The standard InChI is InChI=1S/C12H10O5/c1-5-4-8(14)16-12-9(5)6-2-3-7(13)10(15)11(6)17-12/h2-4,8,13-15H,1H3. The van der Waals surface area contributed by atoms with Gasteiger partial charge in [-0.3, -0.25) is 0 Å². The third kappa shape index (κ3) is 1.29. The van der Waals surface area contributed by atoms with Crippen LogP contribution in [0.15, 0.2) is 22.6 Å². The van der Waals surface area contributed by atoms with E-state index in [1.54, 1.807) is 12.1 Å². The summed E-state index contributed by atoms with van der Waals surface area (Å²) in [7, 11) is 0. The smallest absolute Gasteiger partial charge is 0.296 e. The monoisotopic (exact) mass is 234 g/mol. The van der Waals surface area contributed by atoms with Crippen molar-refractivity contribution < 1.29 is 24.5 Å². The second-order valence-corrected chi connectivity index (χ2v) is 3.93. The van der Waals surface area contributed by atoms with Crippen LogP contribution in [0.3, 0.4) is 0 Å². The maximum absolute atomic E-state index is 9.68. The molecule has 0 aliphatic carbocycles. The van der Waals surface area contributed by atoms with Gasteiger partial charge in [0.25, 0.3) is 5.95 Å². The summed E-state index contributed by atoms with van der Waals surface area (Å²) in [6.45, 7) is 1.81. The molecule has 0 saturated heterocycles. The van der Waals surface area contributed by atoms with Crippen LogP contribution in [0.5, 0.6) is 17.4 Å². The minimum atomic E-state index is -1.06. The Balaban J connectivity index is 2.38. The molecule has 5 nitrogen and oxygen atoms in total. The van der Waals surface area contributed by atoms with Crippen molar-refractivity contribution >= 4 is 16.5 Å². The average molecular weight is 234 g/mol. The first kappa shape index (κ1) is 10.0. The lowest BCUT2D eigenvalue weighted by Crippen LogP contribution is -2.16. The molecule has 88 valence electrons. The quantitative estimate of drug-likeness (QED) is 0.607. The fourth-order valence-corrected chi connectivity index (χ4v) is 2.01. The third-order valence-electron chi connectivity index (χ3n) is 2.79. The van der Waals surface area contributed by atoms with Gasteiger partial charge in [-0.25, -0.2) is 0 Å². The lowest BCUT2D eigenvalue weighted by Gasteiger charge is -2.15. The van der Waals surface area contributed by atoms with Crippen LogP contribution in [-0.2, 0) is 0 Å². The number of aliphatic hydroxyl groups is 1. The van der Waals surface area contributed by atoms with Gasteiger partial charge in [-0.15, -0.1) is 0 Å². The molecule has 3 rings (SSSR count). The number of aromatic hydroxyl groups is 2. The minimum absolute atomic E-state index is 0.147. The van der Waals surface area contributed by atoms with Crippen molar-refractivity contribution in [1.82, 2.24) is 0 Å². The molecule has 0 spiro atoms. The molecule has 3 N–H and O–H groups in total. The van der Waals surface area contributed by atoms with Crippen LogP contribution in [0.1, 0.15) is 12.5 Å². The molecular formula is C12H10O5. The molecule has 17 heavy (non-hydrogen) atoms. The van der Waals surface area contributed by atoms with Crippen LogP contribution in [0.25, 0.3) is 16.5 Å². The minimum Gasteiger partial charge on any atom is -0.504 e. The van der Waals surface area contributed by atoms with E-state index in [0.717, 1.165) is 5.57 Å². The summed E-state index contributed by atoms with van der Waals surface area (Å²) in [5.74, 6) is -0.443. The SMILES string of the molecule is CC1=CC(O)Oc2oc3c(O)c(O)ccc3c21. The van der Waals surface area contributed by atoms with E-state index in [1.165, 1.54) is 6.07 Å². The van der Waals surface area contributed by atoms with Gasteiger partial charge in [0.15, 0.2) is 11.3 Å². The number of phenols is 2. The Morgan fingerprint density at radius 2 is 2.00 bits per heavy atom. The summed E-state index contributed by atoms with van der Waals surface area (Å²) in [4.78, 5) is 0. The van der Waals surface area contributed by atoms with Crippen molar-refractivity contribution in [2.75, 3.05) is 0 Å². The molecule has 2 aromatic rings. The molecule has 0 bridgehead atoms. The Morgan fingerprint density at radius 1 is 1.24 bits per heavy atom. The number of furan rings is 1. The van der Waals surface area contributed by atoms with E-state index in [0.29, 0.717) is 10.9 Å². The third-order valence-corrected chi connectivity index (χ3v) is 2.79. The second kappa shape index (κ2) is 3.18. The fourth-order valence-electron chi connectivity index (χ4n) is 2.01. The van der Waals surface area contributed by atoms with Crippen LogP contribution in [-0.4, -0.2) is 21.6 Å². The normalized spacial score (nSPS) is 18.7. The zero-order valence-electron chi connectivity index (χ0n) is 8.97. The lowest BCUT2D eigenvalue weighted by atomic mass is 10.0. The molecule has 0 fully saturated rings. The molecule has 2 heterocycles. The summed E-state index contributed by atoms with van der Waals surface area (Å²) in [5.41, 5.74) is 1.63. The maximum atomic E-state index is 9.68. The first-order valence-corrected chi connectivity index (χ1v) is 5.09. The average Bonchev–Trinajstić information content (AvgIpc) is 2.62. The molecular weight excluding hydrogens is 224 g/mol. The highest BCUT2D eigenvalue weighted by Crippen LogP contribution is 2.45. The summed E-state index contributed by atoms with van der Waals surface area (Å²) in [5, 5.41) is 29.1. The van der Waals surface area contributed by atoms with Crippen molar-refractivity contribution in [2.24, 2.45) is 0 Å². The predicted molar refractivity (Wildman–Crippen MR) is 59.8 cm³/mol. The zero-order valence-corrected chi connectivity index (χ0v) is 8.97. The number of rotatable bonds is 0. The van der Waals surface area contributed by atoms with Crippen molar-refractivity contribution in [3.05, 3.63) is 23.8 Å². The summed E-state index contributed by atoms with van der Waals surface area (Å²) >= 11 is 0. The van der Waals surface area contributed by atoms with E-state index >= 15 is 0 Å². The van der Waals surface area contributed by atoms with E-state index < -0.39 is 6.29 Å². The van der Waals surface area contributed by atoms with E-state index in [9.17, 15) is 15.3 Å². The van der Waals surface area contributed by atoms with Gasteiger partial charge < -0.3 is 24.5 Å². The van der Waals surface area contributed by atoms with Gasteiger partial charge in [0, 0.05) is 5.39 Å². The van der Waals surface area contributed by atoms with Gasteiger partial charge in [0.2, 0.25) is 12.0 Å². The predicted octanol–water partition coefficient (Wildman–Crippen LogP) is 1.96. The van der Waals surface area contributed by atoms with Crippen LogP contribution in [0.4, 0.5) is 0 Å². The van der Waals surface area contributed by atoms with Gasteiger partial charge in [-0.2, -0.15) is 0 Å². The van der Waals surface area contributed by atoms with Crippen molar-refractivity contribution in [3.8, 4) is 17.4 Å². The highest BCUT2D eigenvalue weighted by atomic mass is 16.7. The van der Waals surface area contributed by atoms with Gasteiger partial charge >= 0.3 is 0 Å². The summed E-state index contributed by atoms with van der Waals surface area (Å²) in [6, 6.07) is 3.01. The molecule has 1 aliphatic rings. The molecule has 1 aromatic carbocycles. The Kier molecular flexibility index (Phi) is 1.88. The molecule has 0 saturated carbocycles. The fraction of sp³-hybridized carbons (Fsp3) is 0.167. The number of hydrogen-bond donors (Lipinski definition) is 3. The topological polar surface area (TPSA) is 83.1 Å². The Bertz CT molecular complexity index is 638. The first-order chi connectivity index (χ1) is 8.08. The van der Waals surface area contributed by atoms with Gasteiger partial charge in [0.05, 0.1) is 5.56 Å². The highest BCUT2D eigenvalue weighted by Gasteiger charge is 2.26. The molecule has 1 aromatic heterocycles. The number of hydrogen-bond acceptors (Lipinski definition) is 5. The van der Waals surface area contributed by atoms with Crippen LogP contribution >= 0.6 is 0 Å². The van der Waals surface area contributed by atoms with Crippen LogP contribution in [0, 0.1) is 0 Å². The Morgan fingerprint density at radius 3 is 2.76 bits per heavy atom. The van der Waals surface area contributed by atoms with Crippen molar-refractivity contribution in [2.45, 2.75) is 13.2 Å². The lowest BCUT2D eigenvalue weighted by molar-refractivity contribution is 0.00541. The largest absolute Gasteiger partial charge is 0.504 e. The van der Waals surface area contributed by atoms with Crippen LogP contribution in [0.2, 0.25) is 0 Å². The highest BCUT2D eigenvalue weighted by molar-refractivity contribution is 5.97. The molecule has 1 aliphatic heterocycles. The van der Waals surface area contributed by atoms with E-state index in [-0.39, 0.29) is 23.0 Å². The Hall–Kier alpha value is -2.14.